The normalized spacial score (nSPS) is 15.1. The third kappa shape index (κ3) is 6.87. The highest BCUT2D eigenvalue weighted by Gasteiger charge is 2.30. The molecule has 0 aromatic heterocycles. The van der Waals surface area contributed by atoms with Gasteiger partial charge >= 0.3 is 0 Å². The van der Waals surface area contributed by atoms with Gasteiger partial charge in [0.05, 0.1) is 27.5 Å². The Balaban J connectivity index is 1.79. The van der Waals surface area contributed by atoms with Gasteiger partial charge in [0.2, 0.25) is 15.9 Å². The Bertz CT molecular complexity index is 1440. The lowest BCUT2D eigenvalue weighted by Crippen LogP contribution is -2.44. The van der Waals surface area contributed by atoms with E-state index < -0.39 is 10.0 Å². The second kappa shape index (κ2) is 13.0. The predicted octanol–water partition coefficient (Wildman–Crippen LogP) is 5.64. The number of rotatable bonds is 10. The molecule has 1 saturated heterocycles. The van der Waals surface area contributed by atoms with Crippen LogP contribution in [0.15, 0.2) is 71.6 Å². The number of amides is 1. The minimum atomic E-state index is -3.63. The van der Waals surface area contributed by atoms with Crippen molar-refractivity contribution in [3.8, 4) is 11.1 Å². The molecule has 0 bridgehead atoms. The largest absolute Gasteiger partial charge is 0.302 e. The van der Waals surface area contributed by atoms with Crippen molar-refractivity contribution in [2.75, 3.05) is 59.3 Å². The molecule has 1 unspecified atom stereocenters. The third-order valence-electron chi connectivity index (χ3n) is 7.10. The fourth-order valence-corrected chi connectivity index (χ4v) is 6.44. The van der Waals surface area contributed by atoms with E-state index in [1.807, 2.05) is 66.4 Å². The molecule has 0 N–H and O–H groups in total. The summed E-state index contributed by atoms with van der Waals surface area (Å²) in [5.74, 6) is -0.0564. The summed E-state index contributed by atoms with van der Waals surface area (Å²) in [7, 11) is 3.16. The summed E-state index contributed by atoms with van der Waals surface area (Å²) >= 11 is 12.6. The van der Waals surface area contributed by atoms with Gasteiger partial charge in [0.25, 0.3) is 0 Å². The van der Waals surface area contributed by atoms with E-state index in [4.69, 9.17) is 23.2 Å². The number of anilines is 1. The van der Waals surface area contributed by atoms with Gasteiger partial charge in [-0.3, -0.25) is 4.79 Å². The van der Waals surface area contributed by atoms with Crippen molar-refractivity contribution in [2.24, 2.45) is 0 Å². The first kappa shape index (κ1) is 30.5. The van der Waals surface area contributed by atoms with Crippen LogP contribution in [-0.4, -0.2) is 82.8 Å². The molecule has 40 heavy (non-hydrogen) atoms. The monoisotopic (exact) mass is 602 g/mol. The number of likely N-dealkylation sites (N-methyl/N-ethyl adjacent to an activating group) is 1. The van der Waals surface area contributed by atoms with Gasteiger partial charge in [-0.1, -0.05) is 65.7 Å². The number of halogens is 2. The Labute approximate surface area is 247 Å². The first-order chi connectivity index (χ1) is 19.0. The summed E-state index contributed by atoms with van der Waals surface area (Å²) in [4.78, 5) is 20.1. The van der Waals surface area contributed by atoms with Crippen molar-refractivity contribution in [1.82, 2.24) is 14.1 Å². The molecule has 1 aliphatic heterocycles. The van der Waals surface area contributed by atoms with Crippen molar-refractivity contribution >= 4 is 44.8 Å². The first-order valence-electron chi connectivity index (χ1n) is 13.2. The Morgan fingerprint density at radius 1 is 0.900 bits per heavy atom. The van der Waals surface area contributed by atoms with Crippen LogP contribution < -0.4 is 4.90 Å². The number of hydrogen-bond donors (Lipinski definition) is 0. The predicted molar refractivity (Wildman–Crippen MR) is 164 cm³/mol. The fourth-order valence-electron chi connectivity index (χ4n) is 5.04. The van der Waals surface area contributed by atoms with E-state index in [0.717, 1.165) is 37.1 Å². The number of carbonyl (C=O) groups excluding carboxylic acids is 1. The van der Waals surface area contributed by atoms with E-state index in [-0.39, 0.29) is 23.4 Å². The topological polar surface area (TPSA) is 64.2 Å². The van der Waals surface area contributed by atoms with Gasteiger partial charge in [-0.05, 0) is 75.4 Å². The molecule has 214 valence electrons. The second-order valence-electron chi connectivity index (χ2n) is 10.5. The molecule has 10 heteroatoms. The number of hydrogen-bond acceptors (Lipinski definition) is 5. The summed E-state index contributed by atoms with van der Waals surface area (Å²) in [6, 6.07) is 19.8. The van der Waals surface area contributed by atoms with Crippen LogP contribution >= 0.6 is 23.2 Å². The SMILES string of the molecule is CN(C)CC(=O)N(c1ccc(Cl)c(Cl)c1)C(CN1CCCC1)c1ccc(-c2ccccc2S(=O)(=O)N(C)C)cc1. The van der Waals surface area contributed by atoms with Crippen LogP contribution in [0.25, 0.3) is 11.1 Å². The lowest BCUT2D eigenvalue weighted by Gasteiger charge is -2.36. The minimum absolute atomic E-state index is 0.0564. The van der Waals surface area contributed by atoms with E-state index in [0.29, 0.717) is 27.8 Å². The van der Waals surface area contributed by atoms with Crippen LogP contribution in [0.5, 0.6) is 0 Å². The summed E-state index contributed by atoms with van der Waals surface area (Å²) in [6.45, 7) is 2.83. The van der Waals surface area contributed by atoms with E-state index in [2.05, 4.69) is 4.90 Å². The van der Waals surface area contributed by atoms with Crippen LogP contribution in [0.1, 0.15) is 24.4 Å². The lowest BCUT2D eigenvalue weighted by atomic mass is 9.98. The molecular formula is C30H36Cl2N4O3S. The van der Waals surface area contributed by atoms with E-state index >= 15 is 0 Å². The molecule has 7 nitrogen and oxygen atoms in total. The maximum Gasteiger partial charge on any atom is 0.243 e. The molecule has 1 aliphatic rings. The van der Waals surface area contributed by atoms with Gasteiger partial charge < -0.3 is 14.7 Å². The average Bonchev–Trinajstić information content (AvgIpc) is 3.43. The van der Waals surface area contributed by atoms with E-state index in [1.54, 1.807) is 24.3 Å². The zero-order valence-corrected chi connectivity index (χ0v) is 25.7. The molecule has 0 radical (unpaired) electrons. The van der Waals surface area contributed by atoms with E-state index in [1.165, 1.54) is 18.4 Å². The average molecular weight is 604 g/mol. The fraction of sp³-hybridized carbons (Fsp3) is 0.367. The van der Waals surface area contributed by atoms with Crippen molar-refractivity contribution in [3.63, 3.8) is 0 Å². The molecule has 4 rings (SSSR count). The third-order valence-corrected chi connectivity index (χ3v) is 9.71. The first-order valence-corrected chi connectivity index (χ1v) is 15.4. The number of sulfonamides is 1. The molecule has 0 spiro atoms. The van der Waals surface area contributed by atoms with Crippen LogP contribution in [0.4, 0.5) is 5.69 Å². The van der Waals surface area contributed by atoms with Crippen LogP contribution in [0, 0.1) is 0 Å². The summed E-state index contributed by atoms with van der Waals surface area (Å²) < 4.78 is 27.2. The number of benzene rings is 3. The van der Waals surface area contributed by atoms with Crippen molar-refractivity contribution in [1.29, 1.82) is 0 Å². The summed E-state index contributed by atoms with van der Waals surface area (Å²) in [5.41, 5.74) is 3.04. The highest BCUT2D eigenvalue weighted by atomic mass is 35.5. The molecule has 1 atom stereocenters. The number of nitrogens with zero attached hydrogens (tertiary/aromatic N) is 4. The van der Waals surface area contributed by atoms with Crippen LogP contribution in [-0.2, 0) is 14.8 Å². The number of carbonyl (C=O) groups is 1. The van der Waals surface area contributed by atoms with Gasteiger partial charge in [0.15, 0.2) is 0 Å². The smallest absolute Gasteiger partial charge is 0.243 e. The van der Waals surface area contributed by atoms with Gasteiger partial charge in [0, 0.05) is 31.9 Å². The zero-order chi connectivity index (χ0) is 29.0. The molecular weight excluding hydrogens is 567 g/mol. The summed E-state index contributed by atoms with van der Waals surface area (Å²) in [6.07, 6.45) is 2.25. The molecule has 3 aromatic rings. The van der Waals surface area contributed by atoms with Gasteiger partial charge in [-0.2, -0.15) is 0 Å². The molecule has 1 fully saturated rings. The second-order valence-corrected chi connectivity index (χ2v) is 13.5. The molecule has 0 saturated carbocycles. The van der Waals surface area contributed by atoms with Gasteiger partial charge in [0.1, 0.15) is 0 Å². The van der Waals surface area contributed by atoms with Crippen molar-refractivity contribution in [2.45, 2.75) is 23.8 Å². The molecule has 1 heterocycles. The van der Waals surface area contributed by atoms with Gasteiger partial charge in [-0.25, -0.2) is 12.7 Å². The highest BCUT2D eigenvalue weighted by molar-refractivity contribution is 7.89. The van der Waals surface area contributed by atoms with Crippen molar-refractivity contribution in [3.05, 3.63) is 82.3 Å². The lowest BCUT2D eigenvalue weighted by molar-refractivity contribution is -0.119. The molecule has 3 aromatic carbocycles. The van der Waals surface area contributed by atoms with Crippen LogP contribution in [0.3, 0.4) is 0 Å². The zero-order valence-electron chi connectivity index (χ0n) is 23.3. The quantitative estimate of drug-likeness (QED) is 0.300. The standard InChI is InChI=1S/C30H36Cl2N4O3S/c1-33(2)21-30(37)36(24-15-16-26(31)27(32)19-24)28(20-35-17-7-8-18-35)23-13-11-22(12-14-23)25-9-5-6-10-29(25)40(38,39)34(3)4/h5-6,9-16,19,28H,7-8,17-18,20-21H2,1-4H3. The van der Waals surface area contributed by atoms with E-state index in [9.17, 15) is 13.2 Å². The Kier molecular flexibility index (Phi) is 9.93. The maximum absolute atomic E-state index is 13.8. The van der Waals surface area contributed by atoms with Gasteiger partial charge in [-0.15, -0.1) is 0 Å². The Hall–Kier alpha value is -2.46. The van der Waals surface area contributed by atoms with Crippen molar-refractivity contribution < 1.29 is 13.2 Å². The maximum atomic E-state index is 13.8. The number of likely N-dealkylation sites (tertiary alicyclic amines) is 1. The van der Waals surface area contributed by atoms with Crippen LogP contribution in [0.2, 0.25) is 10.0 Å². The molecule has 1 amide bonds. The minimum Gasteiger partial charge on any atom is -0.302 e. The Morgan fingerprint density at radius 2 is 1.55 bits per heavy atom. The highest BCUT2D eigenvalue weighted by Crippen LogP contribution is 2.35. The molecule has 0 aliphatic carbocycles. The Morgan fingerprint density at radius 3 is 2.15 bits per heavy atom. The summed E-state index contributed by atoms with van der Waals surface area (Å²) in [5, 5.41) is 0.813.